The number of carbonyl (C=O) groups is 1. The van der Waals surface area contributed by atoms with E-state index in [0.717, 1.165) is 21.8 Å². The molecule has 1 aromatic carbocycles. The van der Waals surface area contributed by atoms with Crippen LogP contribution in [0.5, 0.6) is 0 Å². The van der Waals surface area contributed by atoms with Crippen LogP contribution in [0.25, 0.3) is 10.6 Å². The summed E-state index contributed by atoms with van der Waals surface area (Å²) < 4.78 is 0. The van der Waals surface area contributed by atoms with Crippen molar-refractivity contribution in [3.63, 3.8) is 0 Å². The van der Waals surface area contributed by atoms with Gasteiger partial charge in [-0.1, -0.05) is 18.2 Å². The smallest absolute Gasteiger partial charge is 0.253 e. The van der Waals surface area contributed by atoms with Gasteiger partial charge < -0.3 is 10.2 Å². The predicted octanol–water partition coefficient (Wildman–Crippen LogP) is 3.81. The normalized spacial score (nSPS) is 10.4. The molecule has 0 aliphatic heterocycles. The third-order valence-corrected chi connectivity index (χ3v) is 4.60. The van der Waals surface area contributed by atoms with E-state index in [9.17, 15) is 4.79 Å². The average Bonchev–Trinajstić information content (AvgIpc) is 3.15. The molecule has 5 heteroatoms. The van der Waals surface area contributed by atoms with E-state index in [1.807, 2.05) is 72.9 Å². The Balaban J connectivity index is 1.60. The summed E-state index contributed by atoms with van der Waals surface area (Å²) in [5.74, 6) is -0.114. The number of nitrogens with one attached hydrogen (secondary N) is 1. The highest BCUT2D eigenvalue weighted by atomic mass is 32.1. The molecular weight excluding hydrogens is 318 g/mol. The lowest BCUT2D eigenvalue weighted by Crippen LogP contribution is -2.22. The van der Waals surface area contributed by atoms with Crippen LogP contribution in [-0.2, 0) is 6.54 Å². The zero-order valence-electron chi connectivity index (χ0n) is 13.7. The topological polar surface area (TPSA) is 45.2 Å². The van der Waals surface area contributed by atoms with Gasteiger partial charge in [0.1, 0.15) is 0 Å². The summed E-state index contributed by atoms with van der Waals surface area (Å²) in [6.45, 7) is 0.499. The van der Waals surface area contributed by atoms with E-state index in [1.165, 1.54) is 0 Å². The number of hydrogen-bond acceptors (Lipinski definition) is 4. The number of carbonyl (C=O) groups excluding carboxylic acids is 1. The van der Waals surface area contributed by atoms with Crippen molar-refractivity contribution >= 4 is 22.9 Å². The Labute approximate surface area is 145 Å². The first-order chi connectivity index (χ1) is 11.6. The van der Waals surface area contributed by atoms with Crippen LogP contribution in [0.2, 0.25) is 0 Å². The molecule has 122 valence electrons. The molecule has 2 heterocycles. The minimum Gasteiger partial charge on any atom is -0.378 e. The Kier molecular flexibility index (Phi) is 4.91. The number of aromatic nitrogens is 1. The fourth-order valence-electron chi connectivity index (χ4n) is 2.29. The lowest BCUT2D eigenvalue weighted by Gasteiger charge is -2.13. The Morgan fingerprint density at radius 1 is 1.12 bits per heavy atom. The number of benzene rings is 1. The van der Waals surface area contributed by atoms with Crippen molar-refractivity contribution < 1.29 is 4.79 Å². The summed E-state index contributed by atoms with van der Waals surface area (Å²) in [6, 6.07) is 15.8. The molecule has 0 unspecified atom stereocenters. The van der Waals surface area contributed by atoms with Gasteiger partial charge in [-0.2, -0.15) is 0 Å². The van der Waals surface area contributed by atoms with Gasteiger partial charge in [-0.05, 0) is 41.3 Å². The molecule has 1 N–H and O–H groups in total. The van der Waals surface area contributed by atoms with Gasteiger partial charge in [0.15, 0.2) is 0 Å². The highest BCUT2D eigenvalue weighted by Crippen LogP contribution is 2.22. The van der Waals surface area contributed by atoms with Gasteiger partial charge in [0.05, 0.1) is 16.1 Å². The van der Waals surface area contributed by atoms with E-state index in [0.29, 0.717) is 12.1 Å². The third-order valence-electron chi connectivity index (χ3n) is 3.71. The van der Waals surface area contributed by atoms with E-state index in [2.05, 4.69) is 10.3 Å². The van der Waals surface area contributed by atoms with Crippen LogP contribution >= 0.6 is 11.3 Å². The second-order valence-corrected chi connectivity index (χ2v) is 6.60. The van der Waals surface area contributed by atoms with E-state index in [4.69, 9.17) is 0 Å². The van der Waals surface area contributed by atoms with E-state index in [-0.39, 0.29) is 5.91 Å². The van der Waals surface area contributed by atoms with Gasteiger partial charge >= 0.3 is 0 Å². The van der Waals surface area contributed by atoms with Crippen LogP contribution in [0.4, 0.5) is 5.69 Å². The number of nitrogens with zero attached hydrogens (tertiary/aromatic N) is 2. The number of pyridine rings is 1. The molecule has 0 atom stereocenters. The molecule has 4 nitrogen and oxygen atoms in total. The first-order valence-corrected chi connectivity index (χ1v) is 8.56. The lowest BCUT2D eigenvalue weighted by molar-refractivity contribution is 0.0950. The van der Waals surface area contributed by atoms with E-state index < -0.39 is 0 Å². The van der Waals surface area contributed by atoms with Crippen LogP contribution < -0.4 is 10.2 Å². The number of anilines is 1. The average molecular weight is 337 g/mol. The Hall–Kier alpha value is -2.66. The SMILES string of the molecule is CN(C)c1ccc(CNC(=O)c2ccc(-c3cccs3)nc2)cc1. The van der Waals surface area contributed by atoms with Crippen molar-refractivity contribution in [1.29, 1.82) is 0 Å². The molecule has 0 fully saturated rings. The van der Waals surface area contributed by atoms with Gasteiger partial charge in [0, 0.05) is 32.5 Å². The van der Waals surface area contributed by atoms with E-state index in [1.54, 1.807) is 17.5 Å². The molecule has 0 saturated heterocycles. The monoisotopic (exact) mass is 337 g/mol. The summed E-state index contributed by atoms with van der Waals surface area (Å²) >= 11 is 1.63. The molecule has 0 bridgehead atoms. The summed E-state index contributed by atoms with van der Waals surface area (Å²) in [5.41, 5.74) is 3.66. The molecule has 0 saturated carbocycles. The second kappa shape index (κ2) is 7.27. The van der Waals surface area contributed by atoms with Crippen LogP contribution in [0.1, 0.15) is 15.9 Å². The first kappa shape index (κ1) is 16.2. The molecule has 24 heavy (non-hydrogen) atoms. The summed E-state index contributed by atoms with van der Waals surface area (Å²) in [6.07, 6.45) is 1.62. The minimum absolute atomic E-state index is 0.114. The van der Waals surface area contributed by atoms with Crippen molar-refractivity contribution in [3.05, 3.63) is 71.2 Å². The minimum atomic E-state index is -0.114. The highest BCUT2D eigenvalue weighted by molar-refractivity contribution is 7.13. The lowest BCUT2D eigenvalue weighted by atomic mass is 10.2. The van der Waals surface area contributed by atoms with Crippen molar-refractivity contribution in [3.8, 4) is 10.6 Å². The van der Waals surface area contributed by atoms with Crippen LogP contribution in [0.15, 0.2) is 60.1 Å². The number of hydrogen-bond donors (Lipinski definition) is 1. The molecule has 0 radical (unpaired) electrons. The summed E-state index contributed by atoms with van der Waals surface area (Å²) in [5, 5.41) is 4.94. The summed E-state index contributed by atoms with van der Waals surface area (Å²) in [4.78, 5) is 19.8. The van der Waals surface area contributed by atoms with E-state index >= 15 is 0 Å². The van der Waals surface area contributed by atoms with Gasteiger partial charge in [-0.25, -0.2) is 0 Å². The van der Waals surface area contributed by atoms with Gasteiger partial charge in [0.25, 0.3) is 5.91 Å². The van der Waals surface area contributed by atoms with Gasteiger partial charge in [-0.3, -0.25) is 9.78 Å². The first-order valence-electron chi connectivity index (χ1n) is 7.68. The molecule has 0 aliphatic carbocycles. The predicted molar refractivity (Wildman–Crippen MR) is 99.5 cm³/mol. The molecule has 2 aromatic heterocycles. The maximum atomic E-state index is 12.2. The molecule has 1 amide bonds. The van der Waals surface area contributed by atoms with Crippen molar-refractivity contribution in [2.24, 2.45) is 0 Å². The van der Waals surface area contributed by atoms with Crippen molar-refractivity contribution in [2.75, 3.05) is 19.0 Å². The highest BCUT2D eigenvalue weighted by Gasteiger charge is 2.07. The molecular formula is C19H19N3OS. The standard InChI is InChI=1S/C19H19N3OS/c1-22(2)16-8-5-14(6-9-16)12-21-19(23)15-7-10-17(20-13-15)18-4-3-11-24-18/h3-11,13H,12H2,1-2H3,(H,21,23). The third kappa shape index (κ3) is 3.81. The number of amides is 1. The van der Waals surface area contributed by atoms with Crippen LogP contribution in [0.3, 0.4) is 0 Å². The zero-order chi connectivity index (χ0) is 16.9. The maximum absolute atomic E-state index is 12.2. The Morgan fingerprint density at radius 3 is 2.50 bits per heavy atom. The van der Waals surface area contributed by atoms with Gasteiger partial charge in [-0.15, -0.1) is 11.3 Å². The largest absolute Gasteiger partial charge is 0.378 e. The van der Waals surface area contributed by atoms with Crippen molar-refractivity contribution in [2.45, 2.75) is 6.54 Å². The Morgan fingerprint density at radius 2 is 1.92 bits per heavy atom. The molecule has 0 spiro atoms. The fourth-order valence-corrected chi connectivity index (χ4v) is 3.00. The molecule has 3 rings (SSSR count). The number of thiophene rings is 1. The quantitative estimate of drug-likeness (QED) is 0.770. The zero-order valence-corrected chi connectivity index (χ0v) is 14.5. The summed E-state index contributed by atoms with van der Waals surface area (Å²) in [7, 11) is 4.01. The Bertz CT molecular complexity index is 794. The molecule has 0 aliphatic rings. The number of rotatable bonds is 5. The van der Waals surface area contributed by atoms with Crippen LogP contribution in [-0.4, -0.2) is 25.0 Å². The van der Waals surface area contributed by atoms with Crippen molar-refractivity contribution in [1.82, 2.24) is 10.3 Å². The molecule has 3 aromatic rings. The van der Waals surface area contributed by atoms with Crippen LogP contribution in [0, 0.1) is 0 Å². The van der Waals surface area contributed by atoms with Gasteiger partial charge in [0.2, 0.25) is 0 Å². The second-order valence-electron chi connectivity index (χ2n) is 5.65. The fraction of sp³-hybridized carbons (Fsp3) is 0.158. The maximum Gasteiger partial charge on any atom is 0.253 e.